The van der Waals surface area contributed by atoms with Crippen LogP contribution in [0.2, 0.25) is 0 Å². The first-order valence-electron chi connectivity index (χ1n) is 8.15. The molecule has 0 N–H and O–H groups in total. The van der Waals surface area contributed by atoms with Gasteiger partial charge in [-0.2, -0.15) is 4.98 Å². The smallest absolute Gasteiger partial charge is 0.378 e. The Kier molecular flexibility index (Phi) is 4.67. The van der Waals surface area contributed by atoms with Crippen LogP contribution in [0.4, 0.5) is 0 Å². The van der Waals surface area contributed by atoms with Gasteiger partial charge < -0.3 is 14.4 Å². The molecular formula is C16H21N5O4. The Morgan fingerprint density at radius 1 is 1.24 bits per heavy atom. The molecule has 0 spiro atoms. The zero-order chi connectivity index (χ0) is 18.1. The maximum Gasteiger partial charge on any atom is 0.378 e. The van der Waals surface area contributed by atoms with Gasteiger partial charge in [0.25, 0.3) is 17.5 Å². The van der Waals surface area contributed by atoms with Crippen molar-refractivity contribution in [2.75, 3.05) is 19.7 Å². The molecule has 1 amide bonds. The topological polar surface area (TPSA) is 98.9 Å². The zero-order valence-corrected chi connectivity index (χ0v) is 14.7. The SMILES string of the molecule is Cc1cc(C)n2nc(C(=O)OCC(=O)N3C[C@@H](C)O[C@@H](C)C3)nc2n1. The molecule has 2 atom stereocenters. The van der Waals surface area contributed by atoms with Crippen LogP contribution in [0, 0.1) is 13.8 Å². The Bertz CT molecular complexity index is 808. The lowest BCUT2D eigenvalue weighted by Crippen LogP contribution is -2.49. The van der Waals surface area contributed by atoms with Crippen molar-refractivity contribution in [1.29, 1.82) is 0 Å². The molecule has 2 aromatic rings. The quantitative estimate of drug-likeness (QED) is 0.747. The number of rotatable bonds is 3. The van der Waals surface area contributed by atoms with Gasteiger partial charge in [0.05, 0.1) is 12.2 Å². The van der Waals surface area contributed by atoms with Crippen molar-refractivity contribution in [3.8, 4) is 0 Å². The Morgan fingerprint density at radius 2 is 1.92 bits per heavy atom. The van der Waals surface area contributed by atoms with Crippen LogP contribution < -0.4 is 0 Å². The van der Waals surface area contributed by atoms with Gasteiger partial charge in [0.15, 0.2) is 6.61 Å². The summed E-state index contributed by atoms with van der Waals surface area (Å²) in [6.45, 7) is 8.10. The van der Waals surface area contributed by atoms with Crippen molar-refractivity contribution in [2.45, 2.75) is 39.9 Å². The number of carbonyl (C=O) groups is 2. The van der Waals surface area contributed by atoms with Crippen LogP contribution in [0.3, 0.4) is 0 Å². The average molecular weight is 347 g/mol. The highest BCUT2D eigenvalue weighted by molar-refractivity contribution is 5.88. The lowest BCUT2D eigenvalue weighted by atomic mass is 10.2. The number of morpholine rings is 1. The van der Waals surface area contributed by atoms with Crippen molar-refractivity contribution in [2.24, 2.45) is 0 Å². The monoisotopic (exact) mass is 347 g/mol. The number of amides is 1. The molecule has 1 aliphatic heterocycles. The standard InChI is InChI=1S/C16H21N5O4/c1-9-5-10(2)21-16(17-9)18-14(19-21)15(23)24-8-13(22)20-6-11(3)25-12(4)7-20/h5,11-12H,6-8H2,1-4H3/t11-,12+. The van der Waals surface area contributed by atoms with E-state index in [0.29, 0.717) is 18.9 Å². The van der Waals surface area contributed by atoms with Crippen LogP contribution >= 0.6 is 0 Å². The van der Waals surface area contributed by atoms with Gasteiger partial charge in [0.1, 0.15) is 0 Å². The minimum Gasteiger partial charge on any atom is -0.450 e. The first kappa shape index (κ1) is 17.3. The van der Waals surface area contributed by atoms with Gasteiger partial charge >= 0.3 is 5.97 Å². The van der Waals surface area contributed by atoms with Gasteiger partial charge in [0, 0.05) is 24.5 Å². The van der Waals surface area contributed by atoms with Crippen molar-refractivity contribution in [3.05, 3.63) is 23.3 Å². The summed E-state index contributed by atoms with van der Waals surface area (Å²) < 4.78 is 12.1. The molecule has 134 valence electrons. The van der Waals surface area contributed by atoms with E-state index >= 15 is 0 Å². The van der Waals surface area contributed by atoms with E-state index < -0.39 is 5.97 Å². The van der Waals surface area contributed by atoms with E-state index in [0.717, 1.165) is 11.4 Å². The minimum atomic E-state index is -0.745. The number of fused-ring (bicyclic) bond motifs is 1. The highest BCUT2D eigenvalue weighted by Crippen LogP contribution is 2.11. The Balaban J connectivity index is 1.64. The number of hydrogen-bond donors (Lipinski definition) is 0. The van der Waals surface area contributed by atoms with Crippen LogP contribution in [-0.4, -0.2) is 68.3 Å². The highest BCUT2D eigenvalue weighted by Gasteiger charge is 2.27. The Labute approximate surface area is 144 Å². The predicted octanol–water partition coefficient (Wildman–Crippen LogP) is 0.534. The van der Waals surface area contributed by atoms with Gasteiger partial charge in [-0.1, -0.05) is 0 Å². The molecule has 0 radical (unpaired) electrons. The molecule has 1 fully saturated rings. The van der Waals surface area contributed by atoms with Crippen LogP contribution in [-0.2, 0) is 14.3 Å². The van der Waals surface area contributed by atoms with Gasteiger partial charge in [-0.15, -0.1) is 5.10 Å². The third-order valence-electron chi connectivity index (χ3n) is 3.90. The fourth-order valence-electron chi connectivity index (χ4n) is 2.92. The number of nitrogens with zero attached hydrogens (tertiary/aromatic N) is 5. The van der Waals surface area contributed by atoms with Gasteiger partial charge in [-0.25, -0.2) is 14.3 Å². The molecule has 0 unspecified atom stereocenters. The van der Waals surface area contributed by atoms with Crippen LogP contribution in [0.5, 0.6) is 0 Å². The number of hydrogen-bond acceptors (Lipinski definition) is 7. The summed E-state index contributed by atoms with van der Waals surface area (Å²) in [6.07, 6.45) is -0.0819. The fraction of sp³-hybridized carbons (Fsp3) is 0.562. The number of aromatic nitrogens is 4. The summed E-state index contributed by atoms with van der Waals surface area (Å²) in [6, 6.07) is 1.83. The van der Waals surface area contributed by atoms with Crippen molar-refractivity contribution in [3.63, 3.8) is 0 Å². The third-order valence-corrected chi connectivity index (χ3v) is 3.90. The second kappa shape index (κ2) is 6.75. The zero-order valence-electron chi connectivity index (χ0n) is 14.7. The molecule has 0 aliphatic carbocycles. The van der Waals surface area contributed by atoms with E-state index in [9.17, 15) is 9.59 Å². The molecule has 2 aromatic heterocycles. The molecule has 1 saturated heterocycles. The summed E-state index contributed by atoms with van der Waals surface area (Å²) >= 11 is 0. The summed E-state index contributed by atoms with van der Waals surface area (Å²) in [7, 11) is 0. The second-order valence-corrected chi connectivity index (χ2v) is 6.32. The molecule has 1 aliphatic rings. The predicted molar refractivity (Wildman–Crippen MR) is 87.1 cm³/mol. The van der Waals surface area contributed by atoms with Gasteiger partial charge in [-0.05, 0) is 33.8 Å². The van der Waals surface area contributed by atoms with Crippen molar-refractivity contribution >= 4 is 17.7 Å². The number of carbonyl (C=O) groups excluding carboxylic acids is 2. The third kappa shape index (κ3) is 3.76. The summed E-state index contributed by atoms with van der Waals surface area (Å²) in [4.78, 5) is 34.3. The van der Waals surface area contributed by atoms with Gasteiger partial charge in [0.2, 0.25) is 0 Å². The molecule has 3 rings (SSSR count). The van der Waals surface area contributed by atoms with E-state index in [1.165, 1.54) is 4.52 Å². The van der Waals surface area contributed by atoms with Crippen LogP contribution in [0.15, 0.2) is 6.07 Å². The lowest BCUT2D eigenvalue weighted by molar-refractivity contribution is -0.146. The molecule has 0 saturated carbocycles. The Morgan fingerprint density at radius 3 is 2.60 bits per heavy atom. The maximum absolute atomic E-state index is 12.2. The summed E-state index contributed by atoms with van der Waals surface area (Å²) in [5.74, 6) is -0.793. The molecule has 0 aromatic carbocycles. The summed E-state index contributed by atoms with van der Waals surface area (Å²) in [5.41, 5.74) is 1.59. The molecule has 25 heavy (non-hydrogen) atoms. The van der Waals surface area contributed by atoms with E-state index in [-0.39, 0.29) is 30.5 Å². The largest absolute Gasteiger partial charge is 0.450 e. The first-order chi connectivity index (χ1) is 11.8. The van der Waals surface area contributed by atoms with Crippen molar-refractivity contribution in [1.82, 2.24) is 24.5 Å². The average Bonchev–Trinajstić information content (AvgIpc) is 2.95. The Hall–Kier alpha value is -2.55. The molecule has 9 heteroatoms. The number of aryl methyl sites for hydroxylation is 2. The maximum atomic E-state index is 12.2. The van der Waals surface area contributed by atoms with Crippen LogP contribution in [0.25, 0.3) is 5.78 Å². The molecule has 9 nitrogen and oxygen atoms in total. The lowest BCUT2D eigenvalue weighted by Gasteiger charge is -2.35. The second-order valence-electron chi connectivity index (χ2n) is 6.32. The fourth-order valence-corrected chi connectivity index (χ4v) is 2.92. The molecular weight excluding hydrogens is 326 g/mol. The van der Waals surface area contributed by atoms with Crippen molar-refractivity contribution < 1.29 is 19.1 Å². The van der Waals surface area contributed by atoms with Gasteiger partial charge in [-0.3, -0.25) is 4.79 Å². The number of esters is 1. The summed E-state index contributed by atoms with van der Waals surface area (Å²) in [5, 5.41) is 4.09. The van der Waals surface area contributed by atoms with E-state index in [1.54, 1.807) is 4.90 Å². The van der Waals surface area contributed by atoms with Crippen LogP contribution in [0.1, 0.15) is 35.9 Å². The first-order valence-corrected chi connectivity index (χ1v) is 8.15. The molecule has 3 heterocycles. The number of ether oxygens (including phenoxy) is 2. The van der Waals surface area contributed by atoms with E-state index in [4.69, 9.17) is 9.47 Å². The molecule has 0 bridgehead atoms. The highest BCUT2D eigenvalue weighted by atomic mass is 16.5. The minimum absolute atomic E-state index is 0.0409. The van der Waals surface area contributed by atoms with E-state index in [1.807, 2.05) is 33.8 Å². The normalized spacial score (nSPS) is 20.7. The van der Waals surface area contributed by atoms with E-state index in [2.05, 4.69) is 15.1 Å².